The van der Waals surface area contributed by atoms with Crippen molar-refractivity contribution in [3.05, 3.63) is 63.7 Å². The summed E-state index contributed by atoms with van der Waals surface area (Å²) < 4.78 is 0. The number of aryl methyl sites for hydroxylation is 1. The van der Waals surface area contributed by atoms with Gasteiger partial charge in [0.05, 0.1) is 4.92 Å². The van der Waals surface area contributed by atoms with E-state index in [1.807, 2.05) is 41.8 Å². The molecule has 1 fully saturated rings. The number of rotatable bonds is 5. The van der Waals surface area contributed by atoms with E-state index in [0.29, 0.717) is 25.2 Å². The first-order valence-electron chi connectivity index (χ1n) is 11.1. The molecule has 4 rings (SSSR count). The second kappa shape index (κ2) is 8.98. The zero-order chi connectivity index (χ0) is 22.8. The van der Waals surface area contributed by atoms with Crippen LogP contribution >= 0.6 is 0 Å². The maximum absolute atomic E-state index is 12.7. The first kappa shape index (κ1) is 21.8. The van der Waals surface area contributed by atoms with E-state index in [9.17, 15) is 19.7 Å². The number of fused-ring (bicyclic) bond motifs is 1. The Morgan fingerprint density at radius 3 is 2.50 bits per heavy atom. The van der Waals surface area contributed by atoms with Gasteiger partial charge in [0.15, 0.2) is 0 Å². The number of para-hydroxylation sites is 1. The van der Waals surface area contributed by atoms with Crippen LogP contribution < -0.4 is 15.1 Å². The fourth-order valence-corrected chi connectivity index (χ4v) is 4.64. The molecule has 0 atom stereocenters. The molecule has 8 nitrogen and oxygen atoms in total. The van der Waals surface area contributed by atoms with Gasteiger partial charge in [-0.25, -0.2) is 0 Å². The number of hydrogen-bond donors (Lipinski definition) is 1. The molecule has 1 saturated heterocycles. The van der Waals surface area contributed by atoms with Crippen molar-refractivity contribution in [2.75, 3.05) is 22.9 Å². The number of amides is 2. The zero-order valence-corrected chi connectivity index (χ0v) is 18.4. The van der Waals surface area contributed by atoms with Crippen molar-refractivity contribution >= 4 is 28.9 Å². The van der Waals surface area contributed by atoms with Gasteiger partial charge < -0.3 is 15.1 Å². The highest BCUT2D eigenvalue weighted by atomic mass is 16.6. The van der Waals surface area contributed by atoms with Crippen LogP contribution in [0.3, 0.4) is 0 Å². The molecule has 2 amide bonds. The third-order valence-electron chi connectivity index (χ3n) is 6.15. The maximum Gasteiger partial charge on any atom is 0.293 e. The van der Waals surface area contributed by atoms with Gasteiger partial charge in [-0.3, -0.25) is 19.7 Å². The van der Waals surface area contributed by atoms with E-state index >= 15 is 0 Å². The van der Waals surface area contributed by atoms with Gasteiger partial charge in [-0.1, -0.05) is 18.2 Å². The molecular formula is C24H28N4O4. The van der Waals surface area contributed by atoms with E-state index in [1.54, 1.807) is 12.1 Å². The fraction of sp³-hybridized carbons (Fsp3) is 0.417. The molecule has 0 aliphatic carbocycles. The highest BCUT2D eigenvalue weighted by Crippen LogP contribution is 2.35. The lowest BCUT2D eigenvalue weighted by Crippen LogP contribution is -2.49. The van der Waals surface area contributed by atoms with Crippen LogP contribution in [0.5, 0.6) is 0 Å². The number of nitrogens with zero attached hydrogens (tertiary/aromatic N) is 3. The lowest BCUT2D eigenvalue weighted by atomic mass is 9.95. The van der Waals surface area contributed by atoms with Crippen LogP contribution in [0.2, 0.25) is 0 Å². The Labute approximate surface area is 187 Å². The third-order valence-corrected chi connectivity index (χ3v) is 6.15. The van der Waals surface area contributed by atoms with Gasteiger partial charge in [0.1, 0.15) is 5.69 Å². The molecule has 168 valence electrons. The summed E-state index contributed by atoms with van der Waals surface area (Å²) in [6.45, 7) is 4.90. The van der Waals surface area contributed by atoms with E-state index in [1.165, 1.54) is 11.6 Å². The van der Waals surface area contributed by atoms with Crippen LogP contribution in [0.4, 0.5) is 17.1 Å². The van der Waals surface area contributed by atoms with Gasteiger partial charge in [0, 0.05) is 48.9 Å². The second-order valence-electron chi connectivity index (χ2n) is 8.70. The van der Waals surface area contributed by atoms with Crippen molar-refractivity contribution in [3.8, 4) is 0 Å². The van der Waals surface area contributed by atoms with Crippen LogP contribution in [-0.4, -0.2) is 41.9 Å². The predicted octanol–water partition coefficient (Wildman–Crippen LogP) is 3.68. The number of benzene rings is 2. The Hall–Kier alpha value is -3.42. The lowest BCUT2D eigenvalue weighted by molar-refractivity contribution is -0.384. The molecule has 0 spiro atoms. The summed E-state index contributed by atoms with van der Waals surface area (Å²) in [5, 5.41) is 14.5. The number of hydrogen-bond acceptors (Lipinski definition) is 5. The van der Waals surface area contributed by atoms with Crippen molar-refractivity contribution in [2.45, 2.75) is 51.6 Å². The number of nitro groups is 1. The largest absolute Gasteiger partial charge is 0.366 e. The molecule has 0 saturated carbocycles. The smallest absolute Gasteiger partial charge is 0.293 e. The maximum atomic E-state index is 12.7. The summed E-state index contributed by atoms with van der Waals surface area (Å²) in [5.74, 6) is -0.177. The van der Waals surface area contributed by atoms with Crippen LogP contribution in [-0.2, 0) is 11.2 Å². The second-order valence-corrected chi connectivity index (χ2v) is 8.70. The average molecular weight is 437 g/mol. The molecule has 0 unspecified atom stereocenters. The van der Waals surface area contributed by atoms with Gasteiger partial charge in [-0.05, 0) is 56.9 Å². The average Bonchev–Trinajstić information content (AvgIpc) is 2.78. The van der Waals surface area contributed by atoms with E-state index in [-0.39, 0.29) is 35.1 Å². The van der Waals surface area contributed by atoms with Gasteiger partial charge in [0.2, 0.25) is 5.91 Å². The van der Waals surface area contributed by atoms with Crippen LogP contribution in [0.15, 0.2) is 42.5 Å². The molecule has 0 radical (unpaired) electrons. The molecule has 1 N–H and O–H groups in total. The molecule has 2 aromatic rings. The summed E-state index contributed by atoms with van der Waals surface area (Å²) in [6, 6.07) is 12.7. The number of anilines is 2. The van der Waals surface area contributed by atoms with Gasteiger partial charge in [-0.2, -0.15) is 0 Å². The Morgan fingerprint density at radius 2 is 1.81 bits per heavy atom. The number of carbonyl (C=O) groups excluding carboxylic acids is 2. The molecular weight excluding hydrogens is 408 g/mol. The number of piperidine rings is 1. The topological polar surface area (TPSA) is 95.8 Å². The molecule has 2 heterocycles. The van der Waals surface area contributed by atoms with Crippen LogP contribution in [0.1, 0.15) is 49.0 Å². The van der Waals surface area contributed by atoms with Crippen molar-refractivity contribution in [3.63, 3.8) is 0 Å². The van der Waals surface area contributed by atoms with Gasteiger partial charge >= 0.3 is 0 Å². The lowest BCUT2D eigenvalue weighted by Gasteiger charge is -2.41. The Bertz CT molecular complexity index is 1040. The summed E-state index contributed by atoms with van der Waals surface area (Å²) >= 11 is 0. The standard InChI is InChI=1S/C24H28N4O4/c1-16(2)25-24(30)18-7-9-21(22(15-18)28(31)32)26-13-11-19(12-14-26)27-20-6-4-3-5-17(20)8-10-23(27)29/h3-7,9,15-16,19H,8,10-14H2,1-2H3,(H,25,30). The molecule has 32 heavy (non-hydrogen) atoms. The Kier molecular flexibility index (Phi) is 6.12. The van der Waals surface area contributed by atoms with Crippen LogP contribution in [0, 0.1) is 10.1 Å². The predicted molar refractivity (Wildman–Crippen MR) is 123 cm³/mol. The first-order valence-corrected chi connectivity index (χ1v) is 11.1. The summed E-state index contributed by atoms with van der Waals surface area (Å²) in [5.41, 5.74) is 2.91. The molecule has 2 aliphatic heterocycles. The van der Waals surface area contributed by atoms with Crippen LogP contribution in [0.25, 0.3) is 0 Å². The minimum atomic E-state index is -0.433. The van der Waals surface area contributed by atoms with Crippen molar-refractivity contribution in [2.24, 2.45) is 0 Å². The quantitative estimate of drug-likeness (QED) is 0.570. The first-order chi connectivity index (χ1) is 15.3. The molecule has 0 aromatic heterocycles. The summed E-state index contributed by atoms with van der Waals surface area (Å²) in [6.07, 6.45) is 2.75. The van der Waals surface area contributed by atoms with Gasteiger partial charge in [-0.15, -0.1) is 0 Å². The van der Waals surface area contributed by atoms with E-state index in [2.05, 4.69) is 11.4 Å². The molecule has 2 aromatic carbocycles. The summed E-state index contributed by atoms with van der Waals surface area (Å²) in [4.78, 5) is 40.2. The SMILES string of the molecule is CC(C)NC(=O)c1ccc(N2CCC(N3C(=O)CCc4ccccc43)CC2)c([N+](=O)[O-])c1. The fourth-order valence-electron chi connectivity index (χ4n) is 4.64. The van der Waals surface area contributed by atoms with Crippen molar-refractivity contribution in [1.29, 1.82) is 0 Å². The highest BCUT2D eigenvalue weighted by molar-refractivity contribution is 5.97. The third kappa shape index (κ3) is 4.30. The number of carbonyl (C=O) groups is 2. The van der Waals surface area contributed by atoms with E-state index in [4.69, 9.17) is 0 Å². The molecule has 0 bridgehead atoms. The molecule has 2 aliphatic rings. The minimum absolute atomic E-state index is 0.0529. The van der Waals surface area contributed by atoms with Gasteiger partial charge in [0.25, 0.3) is 11.6 Å². The Morgan fingerprint density at radius 1 is 1.09 bits per heavy atom. The van der Waals surface area contributed by atoms with Crippen molar-refractivity contribution in [1.82, 2.24) is 5.32 Å². The Balaban J connectivity index is 1.51. The number of nitro benzene ring substituents is 1. The minimum Gasteiger partial charge on any atom is -0.366 e. The zero-order valence-electron chi connectivity index (χ0n) is 18.4. The monoisotopic (exact) mass is 436 g/mol. The number of nitrogens with one attached hydrogen (secondary N) is 1. The highest BCUT2D eigenvalue weighted by Gasteiger charge is 2.34. The van der Waals surface area contributed by atoms with E-state index in [0.717, 1.165) is 24.9 Å². The van der Waals surface area contributed by atoms with Crippen molar-refractivity contribution < 1.29 is 14.5 Å². The molecule has 8 heteroatoms. The normalized spacial score (nSPS) is 16.8. The summed E-state index contributed by atoms with van der Waals surface area (Å²) in [7, 11) is 0. The van der Waals surface area contributed by atoms with E-state index < -0.39 is 4.92 Å².